The molecule has 4 aromatic carbocycles. The van der Waals surface area contributed by atoms with Crippen LogP contribution < -0.4 is 20.1 Å². The van der Waals surface area contributed by atoms with Gasteiger partial charge < -0.3 is 24.8 Å². The van der Waals surface area contributed by atoms with E-state index in [1.807, 2.05) is 53.7 Å². The zero-order valence-corrected chi connectivity index (χ0v) is 29.0. The lowest BCUT2D eigenvalue weighted by atomic mass is 9.92. The molecule has 49 heavy (non-hydrogen) atoms. The molecule has 2 N–H and O–H groups in total. The summed E-state index contributed by atoms with van der Waals surface area (Å²) in [6.45, 7) is 13.3. The highest BCUT2D eigenvalue weighted by molar-refractivity contribution is 5.93. The average molecular weight is 665 g/mol. The summed E-state index contributed by atoms with van der Waals surface area (Å²) >= 11 is 0. The van der Waals surface area contributed by atoms with Crippen LogP contribution in [0, 0.1) is 19.8 Å². The van der Waals surface area contributed by atoms with Crippen LogP contribution in [0.4, 0.5) is 5.69 Å². The largest absolute Gasteiger partial charge is 0.456 e. The molecule has 9 heteroatoms. The van der Waals surface area contributed by atoms with Crippen molar-refractivity contribution in [1.29, 1.82) is 0 Å². The maximum absolute atomic E-state index is 13.5. The predicted molar refractivity (Wildman–Crippen MR) is 189 cm³/mol. The van der Waals surface area contributed by atoms with E-state index >= 15 is 0 Å². The number of ether oxygens (including phenoxy) is 3. The lowest BCUT2D eigenvalue weighted by Crippen LogP contribution is -2.44. The van der Waals surface area contributed by atoms with E-state index in [2.05, 4.69) is 10.6 Å². The standard InChI is InChI=1S/C40H44N2O7/c1-24(2)37(41-25(3)4)38(49-36(44)22-29-12-19-33(20-13-29)42-28(7)43)32-18-21-34(47-39(45)30-14-8-26(5)9-15-30)35(23-32)48-40(46)31-16-10-27(6)11-17-31/h8-21,23-25,37-38,41H,22H2,1-7H3,(H,42,43). The number of hydrogen-bond acceptors (Lipinski definition) is 8. The molecular weight excluding hydrogens is 620 g/mol. The van der Waals surface area contributed by atoms with E-state index in [1.165, 1.54) is 6.92 Å². The lowest BCUT2D eigenvalue weighted by Gasteiger charge is -2.33. The zero-order chi connectivity index (χ0) is 35.7. The minimum Gasteiger partial charge on any atom is -0.456 e. The molecule has 1 amide bonds. The van der Waals surface area contributed by atoms with E-state index in [9.17, 15) is 19.2 Å². The van der Waals surface area contributed by atoms with Gasteiger partial charge in [0.05, 0.1) is 23.6 Å². The SMILES string of the molecule is CC(=O)Nc1ccc(CC(=O)OC(c2ccc(OC(=O)c3ccc(C)cc3)c(OC(=O)c3ccc(C)cc3)c2)C(NC(C)C)C(C)C)cc1. The molecule has 2 unspecified atom stereocenters. The van der Waals surface area contributed by atoms with Gasteiger partial charge >= 0.3 is 17.9 Å². The van der Waals surface area contributed by atoms with Crippen molar-refractivity contribution in [1.82, 2.24) is 5.32 Å². The second-order valence-electron chi connectivity index (χ2n) is 12.8. The molecule has 4 aromatic rings. The molecule has 0 spiro atoms. The van der Waals surface area contributed by atoms with Crippen LogP contribution >= 0.6 is 0 Å². The van der Waals surface area contributed by atoms with Gasteiger partial charge in [-0.2, -0.15) is 0 Å². The maximum Gasteiger partial charge on any atom is 0.343 e. The Labute approximate surface area is 288 Å². The molecule has 0 saturated heterocycles. The van der Waals surface area contributed by atoms with Gasteiger partial charge in [0.1, 0.15) is 6.10 Å². The van der Waals surface area contributed by atoms with Crippen molar-refractivity contribution >= 4 is 29.5 Å². The molecular formula is C40H44N2O7. The molecule has 9 nitrogen and oxygen atoms in total. The smallest absolute Gasteiger partial charge is 0.343 e. The van der Waals surface area contributed by atoms with Crippen LogP contribution in [0.3, 0.4) is 0 Å². The summed E-state index contributed by atoms with van der Waals surface area (Å²) in [4.78, 5) is 51.3. The number of carbonyl (C=O) groups is 4. The fraction of sp³-hybridized carbons (Fsp3) is 0.300. The average Bonchev–Trinajstić information content (AvgIpc) is 3.04. The Bertz CT molecular complexity index is 1760. The zero-order valence-electron chi connectivity index (χ0n) is 29.0. The number of carbonyl (C=O) groups excluding carboxylic acids is 4. The first-order chi connectivity index (χ1) is 23.3. The van der Waals surface area contributed by atoms with E-state index in [0.717, 1.165) is 11.1 Å². The Morgan fingerprint density at radius 2 is 1.20 bits per heavy atom. The monoisotopic (exact) mass is 664 g/mol. The maximum atomic E-state index is 13.5. The minimum absolute atomic E-state index is 0.00481. The van der Waals surface area contributed by atoms with Gasteiger partial charge in [-0.3, -0.25) is 9.59 Å². The van der Waals surface area contributed by atoms with Crippen LogP contribution in [0.1, 0.15) is 83.7 Å². The Kier molecular flexibility index (Phi) is 12.5. The summed E-state index contributed by atoms with van der Waals surface area (Å²) in [6.07, 6.45) is -0.808. The van der Waals surface area contributed by atoms with Crippen molar-refractivity contribution < 1.29 is 33.4 Å². The molecule has 0 aliphatic heterocycles. The highest BCUT2D eigenvalue weighted by atomic mass is 16.6. The van der Waals surface area contributed by atoms with Gasteiger partial charge in [0, 0.05) is 18.7 Å². The predicted octanol–water partition coefficient (Wildman–Crippen LogP) is 7.55. The Hall–Kier alpha value is -5.28. The molecule has 4 rings (SSSR count). The third-order valence-corrected chi connectivity index (χ3v) is 7.73. The molecule has 0 aliphatic carbocycles. The van der Waals surface area contributed by atoms with Gasteiger partial charge in [0.25, 0.3) is 0 Å². The summed E-state index contributed by atoms with van der Waals surface area (Å²) in [6, 6.07) is 25.4. The molecule has 0 heterocycles. The Balaban J connectivity index is 1.70. The Morgan fingerprint density at radius 1 is 0.673 bits per heavy atom. The number of hydrogen-bond donors (Lipinski definition) is 2. The van der Waals surface area contributed by atoms with Gasteiger partial charge in [-0.15, -0.1) is 0 Å². The van der Waals surface area contributed by atoms with E-state index in [1.54, 1.807) is 78.9 Å². The summed E-state index contributed by atoms with van der Waals surface area (Å²) in [7, 11) is 0. The molecule has 0 saturated carbocycles. The van der Waals surface area contributed by atoms with Crippen LogP contribution in [0.25, 0.3) is 0 Å². The molecule has 2 atom stereocenters. The molecule has 256 valence electrons. The van der Waals surface area contributed by atoms with Gasteiger partial charge in [0.15, 0.2) is 11.5 Å². The fourth-order valence-electron chi connectivity index (χ4n) is 5.18. The fourth-order valence-corrected chi connectivity index (χ4v) is 5.18. The lowest BCUT2D eigenvalue weighted by molar-refractivity contribution is -0.151. The van der Waals surface area contributed by atoms with E-state index in [4.69, 9.17) is 14.2 Å². The topological polar surface area (TPSA) is 120 Å². The third kappa shape index (κ3) is 10.6. The highest BCUT2D eigenvalue weighted by Gasteiger charge is 2.31. The normalized spacial score (nSPS) is 12.3. The van der Waals surface area contributed by atoms with Crippen molar-refractivity contribution in [2.75, 3.05) is 5.32 Å². The van der Waals surface area contributed by atoms with Gasteiger partial charge in [-0.25, -0.2) is 9.59 Å². The molecule has 0 fully saturated rings. The molecule has 0 aliphatic rings. The number of aryl methyl sites for hydroxylation is 2. The number of anilines is 1. The third-order valence-electron chi connectivity index (χ3n) is 7.73. The highest BCUT2D eigenvalue weighted by Crippen LogP contribution is 2.36. The van der Waals surface area contributed by atoms with Crippen molar-refractivity contribution in [2.45, 2.75) is 73.1 Å². The number of rotatable bonds is 13. The van der Waals surface area contributed by atoms with E-state index in [-0.39, 0.29) is 41.8 Å². The van der Waals surface area contributed by atoms with Crippen molar-refractivity contribution in [2.24, 2.45) is 5.92 Å². The first-order valence-corrected chi connectivity index (χ1v) is 16.3. The summed E-state index contributed by atoms with van der Waals surface area (Å²) in [5.74, 6) is -1.85. The second kappa shape index (κ2) is 16.7. The van der Waals surface area contributed by atoms with Crippen LogP contribution in [0.5, 0.6) is 11.5 Å². The second-order valence-corrected chi connectivity index (χ2v) is 12.8. The summed E-state index contributed by atoms with van der Waals surface area (Å²) in [5.41, 5.74) is 4.51. The summed E-state index contributed by atoms with van der Waals surface area (Å²) in [5, 5.41) is 6.24. The number of amides is 1. The number of benzene rings is 4. The van der Waals surface area contributed by atoms with Gasteiger partial charge in [-0.1, -0.05) is 81.3 Å². The first kappa shape index (κ1) is 36.6. The van der Waals surface area contributed by atoms with Gasteiger partial charge in [0.2, 0.25) is 5.91 Å². The number of esters is 3. The molecule has 0 aromatic heterocycles. The summed E-state index contributed by atoms with van der Waals surface area (Å²) < 4.78 is 17.8. The molecule has 0 radical (unpaired) electrons. The Morgan fingerprint density at radius 3 is 1.69 bits per heavy atom. The van der Waals surface area contributed by atoms with E-state index in [0.29, 0.717) is 27.9 Å². The first-order valence-electron chi connectivity index (χ1n) is 16.3. The minimum atomic E-state index is -0.799. The van der Waals surface area contributed by atoms with Crippen molar-refractivity contribution in [3.05, 3.63) is 124 Å². The van der Waals surface area contributed by atoms with Crippen LogP contribution in [0.15, 0.2) is 91.0 Å². The van der Waals surface area contributed by atoms with Crippen LogP contribution in [-0.2, 0) is 20.7 Å². The molecule has 0 bridgehead atoms. The van der Waals surface area contributed by atoms with Crippen molar-refractivity contribution in [3.63, 3.8) is 0 Å². The quantitative estimate of drug-likeness (QED) is 0.111. The van der Waals surface area contributed by atoms with Crippen LogP contribution in [0.2, 0.25) is 0 Å². The van der Waals surface area contributed by atoms with Crippen LogP contribution in [-0.4, -0.2) is 35.9 Å². The van der Waals surface area contributed by atoms with E-state index < -0.39 is 24.0 Å². The number of nitrogens with one attached hydrogen (secondary N) is 2. The van der Waals surface area contributed by atoms with Crippen molar-refractivity contribution in [3.8, 4) is 11.5 Å². The van der Waals surface area contributed by atoms with Gasteiger partial charge in [-0.05, 0) is 79.4 Å².